The Hall–Kier alpha value is -3.96. The van der Waals surface area contributed by atoms with Crippen molar-refractivity contribution in [3.63, 3.8) is 0 Å². The fourth-order valence-electron chi connectivity index (χ4n) is 4.90. The number of nitrogens with one attached hydrogen (secondary N) is 2. The molecule has 2 N–H and O–H groups in total. The predicted octanol–water partition coefficient (Wildman–Crippen LogP) is 3.89. The maximum atomic E-state index is 13.4. The van der Waals surface area contributed by atoms with Gasteiger partial charge in [-0.3, -0.25) is 19.8 Å². The van der Waals surface area contributed by atoms with Crippen LogP contribution in [0, 0.1) is 17.8 Å². The smallest absolute Gasteiger partial charge is 0.416 e. The van der Waals surface area contributed by atoms with E-state index in [9.17, 15) is 23.1 Å². The van der Waals surface area contributed by atoms with Crippen molar-refractivity contribution in [2.24, 2.45) is 22.7 Å². The first-order chi connectivity index (χ1) is 17.2. The maximum Gasteiger partial charge on any atom is 0.416 e. The first-order valence-electron chi connectivity index (χ1n) is 11.5. The average Bonchev–Trinajstić information content (AvgIpc) is 3.49. The van der Waals surface area contributed by atoms with Crippen LogP contribution in [0.15, 0.2) is 58.3 Å². The fraction of sp³-hybridized carbons (Fsp3) is 0.375. The Morgan fingerprint density at radius 3 is 2.72 bits per heavy atom. The van der Waals surface area contributed by atoms with Crippen molar-refractivity contribution in [1.29, 1.82) is 0 Å². The highest BCUT2D eigenvalue weighted by Crippen LogP contribution is 2.53. The molecule has 1 unspecified atom stereocenters. The van der Waals surface area contributed by atoms with E-state index in [1.54, 1.807) is 18.3 Å². The number of benzene rings is 1. The second-order valence-corrected chi connectivity index (χ2v) is 9.23. The van der Waals surface area contributed by atoms with E-state index in [4.69, 9.17) is 4.52 Å². The van der Waals surface area contributed by atoms with Crippen molar-refractivity contribution in [1.82, 2.24) is 10.3 Å². The fourth-order valence-corrected chi connectivity index (χ4v) is 4.90. The number of aromatic nitrogens is 3. The zero-order chi connectivity index (χ0) is 25.3. The number of aliphatic imine (C=N–C) groups is 1. The van der Waals surface area contributed by atoms with E-state index in [0.29, 0.717) is 24.1 Å². The number of amides is 2. The van der Waals surface area contributed by atoms with E-state index >= 15 is 0 Å². The van der Waals surface area contributed by atoms with Crippen molar-refractivity contribution in [2.75, 3.05) is 10.6 Å². The largest absolute Gasteiger partial charge is 0.862 e. The first-order valence-corrected chi connectivity index (χ1v) is 11.5. The average molecular weight is 500 g/mol. The van der Waals surface area contributed by atoms with Gasteiger partial charge >= 0.3 is 18.1 Å². The number of pyridine rings is 1. The monoisotopic (exact) mass is 500 g/mol. The number of fused-ring (bicyclic) bond motifs is 1. The van der Waals surface area contributed by atoms with Crippen molar-refractivity contribution >= 4 is 29.2 Å². The van der Waals surface area contributed by atoms with Gasteiger partial charge in [0, 0.05) is 11.9 Å². The molecule has 1 aromatic carbocycles. The van der Waals surface area contributed by atoms with Crippen LogP contribution in [-0.4, -0.2) is 22.2 Å². The van der Waals surface area contributed by atoms with Crippen molar-refractivity contribution in [2.45, 2.75) is 38.4 Å². The highest BCUT2D eigenvalue weighted by Gasteiger charge is 2.43. The summed E-state index contributed by atoms with van der Waals surface area (Å²) >= 11 is 0. The summed E-state index contributed by atoms with van der Waals surface area (Å²) in [5, 5.41) is 20.9. The summed E-state index contributed by atoms with van der Waals surface area (Å²) in [6.07, 6.45) is 1.81. The number of alkyl halides is 3. The van der Waals surface area contributed by atoms with Gasteiger partial charge in [0.05, 0.1) is 11.3 Å². The Kier molecular flexibility index (Phi) is 6.33. The first kappa shape index (κ1) is 23.8. The molecule has 3 aliphatic rings. The molecule has 3 saturated carbocycles. The number of anilines is 2. The van der Waals surface area contributed by atoms with E-state index in [1.165, 1.54) is 16.9 Å². The van der Waals surface area contributed by atoms with Crippen LogP contribution in [0.1, 0.15) is 36.9 Å². The van der Waals surface area contributed by atoms with Crippen molar-refractivity contribution < 1.29 is 32.3 Å². The summed E-state index contributed by atoms with van der Waals surface area (Å²) in [4.78, 5) is 20.5. The lowest BCUT2D eigenvalue weighted by molar-refractivity contribution is -0.755. The molecule has 2 amide bonds. The predicted molar refractivity (Wildman–Crippen MR) is 120 cm³/mol. The molecule has 3 fully saturated rings. The minimum Gasteiger partial charge on any atom is -0.862 e. The number of carbonyl (C=O) groups excluding carboxylic acids is 1. The molecule has 0 spiro atoms. The summed E-state index contributed by atoms with van der Waals surface area (Å²) in [5.74, 6) is 0.967. The van der Waals surface area contributed by atoms with Crippen LogP contribution >= 0.6 is 0 Å². The lowest BCUT2D eigenvalue weighted by atomic mass is 9.82. The second-order valence-electron chi connectivity index (χ2n) is 9.23. The van der Waals surface area contributed by atoms with Gasteiger partial charge in [-0.05, 0) is 84.3 Å². The summed E-state index contributed by atoms with van der Waals surface area (Å²) in [6.45, 7) is 0.294. The number of rotatable bonds is 7. The number of hydrogen-bond acceptors (Lipinski definition) is 6. The molecule has 36 heavy (non-hydrogen) atoms. The van der Waals surface area contributed by atoms with Gasteiger partial charge in [0.15, 0.2) is 0 Å². The second kappa shape index (κ2) is 9.59. The molecule has 188 valence electrons. The molecule has 2 bridgehead atoms. The number of nitrogens with zero attached hydrogens (tertiary/aromatic N) is 4. The van der Waals surface area contributed by atoms with Gasteiger partial charge < -0.3 is 10.4 Å². The highest BCUT2D eigenvalue weighted by molar-refractivity contribution is 5.99. The van der Waals surface area contributed by atoms with Gasteiger partial charge in [-0.25, -0.2) is 4.79 Å². The standard InChI is InChI=1S/C24H23F3N6O3/c25-24(26,27)17-9-19(29-21(34)8-16-7-14-5-15(16)6-14)11-20(10-17)30-23(35)31-22-13-33(32-36-22)12-18-3-1-2-4-28-18/h1-4,9-11,13-16H,5-8,12H2,(H2-,29,30,31,32,34,35). The molecule has 3 aliphatic carbocycles. The number of carbonyl (C=O) groups is 1. The van der Waals surface area contributed by atoms with Crippen LogP contribution in [-0.2, 0) is 12.7 Å². The van der Waals surface area contributed by atoms with Crippen LogP contribution in [0.5, 0.6) is 0 Å². The normalized spacial score (nSPS) is 21.2. The molecular formula is C24H23F3N6O3. The van der Waals surface area contributed by atoms with E-state index in [1.807, 2.05) is 6.07 Å². The SMILES string of the molecule is O=C(Nc1cc(N=C([O-])CC2CC3CC2C3)cc(C(F)(F)F)c1)Nc1c[n+](Cc2ccccn2)no1. The minimum absolute atomic E-state index is 0.0227. The Morgan fingerprint density at radius 2 is 2.03 bits per heavy atom. The van der Waals surface area contributed by atoms with Gasteiger partial charge in [-0.1, -0.05) is 6.07 Å². The molecule has 0 aliphatic heterocycles. The van der Waals surface area contributed by atoms with E-state index < -0.39 is 23.7 Å². The Morgan fingerprint density at radius 1 is 1.19 bits per heavy atom. The van der Waals surface area contributed by atoms with E-state index in [-0.39, 0.29) is 29.6 Å². The zero-order valence-corrected chi connectivity index (χ0v) is 19.0. The third-order valence-corrected chi connectivity index (χ3v) is 6.57. The maximum absolute atomic E-state index is 13.4. The van der Waals surface area contributed by atoms with Gasteiger partial charge in [0.25, 0.3) is 6.20 Å². The molecule has 1 atom stereocenters. The molecule has 2 aromatic heterocycles. The molecule has 3 aromatic rings. The molecule has 12 heteroatoms. The molecule has 6 rings (SSSR count). The van der Waals surface area contributed by atoms with Gasteiger partial charge in [-0.2, -0.15) is 13.2 Å². The Balaban J connectivity index is 1.26. The third-order valence-electron chi connectivity index (χ3n) is 6.57. The van der Waals surface area contributed by atoms with Gasteiger partial charge in [0.1, 0.15) is 5.69 Å². The summed E-state index contributed by atoms with van der Waals surface area (Å²) in [5.41, 5.74) is -0.643. The lowest BCUT2D eigenvalue weighted by Gasteiger charge is -2.25. The molecular weight excluding hydrogens is 477 g/mol. The van der Waals surface area contributed by atoms with Crippen LogP contribution in [0.2, 0.25) is 0 Å². The van der Waals surface area contributed by atoms with Crippen LogP contribution in [0.4, 0.5) is 35.2 Å². The van der Waals surface area contributed by atoms with Gasteiger partial charge in [-0.15, -0.1) is 0 Å². The highest BCUT2D eigenvalue weighted by atomic mass is 19.4. The topological polar surface area (TPSA) is 119 Å². The third kappa shape index (κ3) is 5.64. The zero-order valence-electron chi connectivity index (χ0n) is 19.0. The molecule has 9 nitrogen and oxygen atoms in total. The molecule has 0 saturated heterocycles. The number of hydrogen-bond donors (Lipinski definition) is 2. The van der Waals surface area contributed by atoms with Crippen molar-refractivity contribution in [3.05, 3.63) is 60.0 Å². The van der Waals surface area contributed by atoms with Crippen LogP contribution < -0.4 is 20.4 Å². The summed E-state index contributed by atoms with van der Waals surface area (Å²) < 4.78 is 46.8. The summed E-state index contributed by atoms with van der Waals surface area (Å²) in [7, 11) is 0. The Labute approximate surface area is 204 Å². The van der Waals surface area contributed by atoms with Crippen LogP contribution in [0.25, 0.3) is 0 Å². The number of urea groups is 1. The number of halogens is 3. The van der Waals surface area contributed by atoms with Gasteiger partial charge in [0.2, 0.25) is 11.8 Å². The van der Waals surface area contributed by atoms with Crippen LogP contribution in [0.3, 0.4) is 0 Å². The lowest BCUT2D eigenvalue weighted by Crippen LogP contribution is -2.35. The quantitative estimate of drug-likeness (QED) is 0.290. The molecule has 0 radical (unpaired) electrons. The van der Waals surface area contributed by atoms with E-state index in [2.05, 4.69) is 25.9 Å². The Bertz CT molecular complexity index is 1270. The van der Waals surface area contributed by atoms with E-state index in [0.717, 1.165) is 31.4 Å². The summed E-state index contributed by atoms with van der Waals surface area (Å²) in [6, 6.07) is 7.33. The molecule has 2 heterocycles. The van der Waals surface area contributed by atoms with Crippen molar-refractivity contribution in [3.8, 4) is 0 Å². The minimum atomic E-state index is -4.68.